The molecule has 0 aromatic heterocycles. The van der Waals surface area contributed by atoms with Crippen molar-refractivity contribution < 1.29 is 14.3 Å². The standard InChI is InChI=1S/C25H38O3/c1-14(2)11-15-13-25(10-9-16-12-17(25)22(16,3)4)28-20-18(15)19(26)23(5,6)21(27)24(20,7)8/h14-17H,9-13H2,1-8H3/t15-,16+,17-,25-/m1/s1. The molecule has 2 bridgehead atoms. The van der Waals surface area contributed by atoms with Gasteiger partial charge in [0.05, 0.1) is 10.8 Å². The van der Waals surface area contributed by atoms with Gasteiger partial charge in [-0.15, -0.1) is 0 Å². The van der Waals surface area contributed by atoms with Crippen LogP contribution in [0, 0.1) is 39.9 Å². The summed E-state index contributed by atoms with van der Waals surface area (Å²) in [4.78, 5) is 26.8. The van der Waals surface area contributed by atoms with Gasteiger partial charge in [-0.05, 0) is 83.0 Å². The number of Topliss-reactive ketones (excluding diaryl/α,β-unsaturated/α-hetero) is 2. The molecule has 1 aliphatic heterocycles. The summed E-state index contributed by atoms with van der Waals surface area (Å²) in [5.74, 6) is 2.78. The third-order valence-electron chi connectivity index (χ3n) is 8.84. The number of hydrogen-bond acceptors (Lipinski definition) is 3. The molecule has 156 valence electrons. The number of ketones is 2. The van der Waals surface area contributed by atoms with E-state index in [4.69, 9.17) is 4.74 Å². The van der Waals surface area contributed by atoms with Gasteiger partial charge in [-0.1, -0.05) is 27.7 Å². The van der Waals surface area contributed by atoms with E-state index in [1.165, 1.54) is 12.8 Å². The van der Waals surface area contributed by atoms with Gasteiger partial charge in [0.25, 0.3) is 0 Å². The van der Waals surface area contributed by atoms with Crippen LogP contribution in [0.2, 0.25) is 0 Å². The largest absolute Gasteiger partial charge is 0.490 e. The first kappa shape index (κ1) is 20.2. The summed E-state index contributed by atoms with van der Waals surface area (Å²) in [6.45, 7) is 16.8. The SMILES string of the molecule is CC(C)C[C@@H]1C[C@@]2(CC[C@H]3C[C@@H]2C3(C)C)OC2=C1C(=O)C(C)(C)C(=O)C2(C)C. The topological polar surface area (TPSA) is 43.4 Å². The summed E-state index contributed by atoms with van der Waals surface area (Å²) in [7, 11) is 0. The number of allylic oxidation sites excluding steroid dienone is 2. The maximum absolute atomic E-state index is 13.5. The molecule has 1 heterocycles. The Morgan fingerprint density at radius 3 is 2.21 bits per heavy atom. The molecule has 0 N–H and O–H groups in total. The molecule has 0 amide bonds. The molecule has 0 aromatic rings. The Hall–Kier alpha value is -1.12. The smallest absolute Gasteiger partial charge is 0.175 e. The van der Waals surface area contributed by atoms with Gasteiger partial charge in [-0.25, -0.2) is 0 Å². The molecule has 5 rings (SSSR count). The van der Waals surface area contributed by atoms with E-state index in [1.807, 2.05) is 13.8 Å². The van der Waals surface area contributed by atoms with Crippen LogP contribution in [0.25, 0.3) is 0 Å². The molecule has 4 aliphatic carbocycles. The summed E-state index contributed by atoms with van der Waals surface area (Å²) < 4.78 is 6.90. The summed E-state index contributed by atoms with van der Waals surface area (Å²) in [6, 6.07) is 0. The maximum Gasteiger partial charge on any atom is 0.175 e. The Bertz CT molecular complexity index is 765. The number of carbonyl (C=O) groups excluding carboxylic acids is 2. The van der Waals surface area contributed by atoms with E-state index in [2.05, 4.69) is 27.7 Å². The fourth-order valence-corrected chi connectivity index (χ4v) is 7.21. The van der Waals surface area contributed by atoms with Crippen LogP contribution in [-0.2, 0) is 14.3 Å². The highest BCUT2D eigenvalue weighted by molar-refractivity contribution is 6.19. The maximum atomic E-state index is 13.5. The Kier molecular flexibility index (Phi) is 4.13. The zero-order valence-corrected chi connectivity index (χ0v) is 19.1. The summed E-state index contributed by atoms with van der Waals surface area (Å²) in [6.07, 6.45) is 5.44. The van der Waals surface area contributed by atoms with Crippen LogP contribution < -0.4 is 0 Å². The minimum atomic E-state index is -0.959. The van der Waals surface area contributed by atoms with Gasteiger partial charge in [0, 0.05) is 11.5 Å². The number of rotatable bonds is 2. The second kappa shape index (κ2) is 5.73. The van der Waals surface area contributed by atoms with Crippen LogP contribution >= 0.6 is 0 Å². The lowest BCUT2D eigenvalue weighted by Gasteiger charge is -2.67. The first-order chi connectivity index (χ1) is 12.7. The minimum absolute atomic E-state index is 0.00523. The van der Waals surface area contributed by atoms with Crippen molar-refractivity contribution in [2.45, 2.75) is 93.1 Å². The Morgan fingerprint density at radius 2 is 1.68 bits per heavy atom. The minimum Gasteiger partial charge on any atom is -0.490 e. The van der Waals surface area contributed by atoms with Gasteiger partial charge >= 0.3 is 0 Å². The first-order valence-corrected chi connectivity index (χ1v) is 11.3. The molecule has 0 saturated heterocycles. The van der Waals surface area contributed by atoms with Gasteiger partial charge in [0.2, 0.25) is 0 Å². The Morgan fingerprint density at radius 1 is 1.04 bits per heavy atom. The lowest BCUT2D eigenvalue weighted by atomic mass is 9.42. The zero-order chi connectivity index (χ0) is 20.9. The summed E-state index contributed by atoms with van der Waals surface area (Å²) in [5.41, 5.74) is -0.757. The van der Waals surface area contributed by atoms with E-state index in [0.29, 0.717) is 17.3 Å². The van der Waals surface area contributed by atoms with Crippen LogP contribution in [0.3, 0.4) is 0 Å². The van der Waals surface area contributed by atoms with Crippen molar-refractivity contribution in [2.75, 3.05) is 0 Å². The third kappa shape index (κ3) is 2.40. The van der Waals surface area contributed by atoms with Crippen molar-refractivity contribution in [3.8, 4) is 0 Å². The predicted octanol–water partition coefficient (Wildman–Crippen LogP) is 5.72. The van der Waals surface area contributed by atoms with Crippen molar-refractivity contribution in [1.82, 2.24) is 0 Å². The number of ether oxygens (including phenoxy) is 1. The molecular formula is C25H38O3. The second-order valence-electron chi connectivity index (χ2n) is 12.2. The molecule has 3 heteroatoms. The van der Waals surface area contributed by atoms with Gasteiger partial charge in [-0.2, -0.15) is 0 Å². The van der Waals surface area contributed by atoms with Crippen LogP contribution in [0.5, 0.6) is 0 Å². The average Bonchev–Trinajstić information content (AvgIpc) is 2.58. The lowest BCUT2D eigenvalue weighted by Crippen LogP contribution is -2.65. The number of carbonyl (C=O) groups is 2. The number of hydrogen-bond donors (Lipinski definition) is 0. The van der Waals surface area contributed by atoms with Crippen LogP contribution in [-0.4, -0.2) is 17.2 Å². The molecule has 3 nitrogen and oxygen atoms in total. The van der Waals surface area contributed by atoms with E-state index in [0.717, 1.165) is 36.5 Å². The van der Waals surface area contributed by atoms with E-state index < -0.39 is 10.8 Å². The molecule has 0 unspecified atom stereocenters. The molecule has 1 spiro atoms. The fraction of sp³-hybridized carbons (Fsp3) is 0.840. The van der Waals surface area contributed by atoms with Crippen molar-refractivity contribution in [1.29, 1.82) is 0 Å². The monoisotopic (exact) mass is 386 g/mol. The quantitative estimate of drug-likeness (QED) is 0.570. The highest BCUT2D eigenvalue weighted by Crippen LogP contribution is 2.68. The summed E-state index contributed by atoms with van der Waals surface area (Å²) in [5, 5.41) is 0. The Balaban J connectivity index is 1.86. The van der Waals surface area contributed by atoms with Gasteiger partial charge in [0.1, 0.15) is 11.4 Å². The summed E-state index contributed by atoms with van der Waals surface area (Å²) >= 11 is 0. The van der Waals surface area contributed by atoms with E-state index in [-0.39, 0.29) is 23.1 Å². The number of fused-ring (bicyclic) bond motifs is 1. The third-order valence-corrected chi connectivity index (χ3v) is 8.84. The molecule has 3 fully saturated rings. The lowest BCUT2D eigenvalue weighted by molar-refractivity contribution is -0.230. The normalized spacial score (nSPS) is 40.2. The molecular weight excluding hydrogens is 348 g/mol. The van der Waals surface area contributed by atoms with Gasteiger partial charge < -0.3 is 4.74 Å². The molecule has 5 aliphatic rings. The molecule has 0 aromatic carbocycles. The van der Waals surface area contributed by atoms with Gasteiger partial charge in [-0.3, -0.25) is 9.59 Å². The van der Waals surface area contributed by atoms with E-state index in [9.17, 15) is 9.59 Å². The second-order valence-corrected chi connectivity index (χ2v) is 12.2. The first-order valence-electron chi connectivity index (χ1n) is 11.3. The van der Waals surface area contributed by atoms with Crippen molar-refractivity contribution >= 4 is 11.6 Å². The fourth-order valence-electron chi connectivity index (χ4n) is 7.21. The highest BCUT2D eigenvalue weighted by atomic mass is 16.5. The molecule has 3 saturated carbocycles. The predicted molar refractivity (Wildman–Crippen MR) is 111 cm³/mol. The molecule has 28 heavy (non-hydrogen) atoms. The average molecular weight is 387 g/mol. The molecule has 0 radical (unpaired) electrons. The molecule has 4 atom stereocenters. The van der Waals surface area contributed by atoms with E-state index in [1.54, 1.807) is 13.8 Å². The highest BCUT2D eigenvalue weighted by Gasteiger charge is 2.67. The van der Waals surface area contributed by atoms with Crippen LogP contribution in [0.4, 0.5) is 0 Å². The van der Waals surface area contributed by atoms with Crippen LogP contribution in [0.1, 0.15) is 87.5 Å². The zero-order valence-electron chi connectivity index (χ0n) is 19.1. The van der Waals surface area contributed by atoms with Gasteiger partial charge in [0.15, 0.2) is 11.6 Å². The van der Waals surface area contributed by atoms with Crippen LogP contribution in [0.15, 0.2) is 11.3 Å². The van der Waals surface area contributed by atoms with Crippen molar-refractivity contribution in [3.63, 3.8) is 0 Å². The van der Waals surface area contributed by atoms with Crippen molar-refractivity contribution in [3.05, 3.63) is 11.3 Å². The van der Waals surface area contributed by atoms with Crippen molar-refractivity contribution in [2.24, 2.45) is 39.9 Å². The van der Waals surface area contributed by atoms with E-state index >= 15 is 0 Å². The Labute approximate surface area is 170 Å².